The van der Waals surface area contributed by atoms with Gasteiger partial charge in [-0.05, 0) is 30.9 Å². The fourth-order valence-electron chi connectivity index (χ4n) is 3.18. The molecule has 24 heavy (non-hydrogen) atoms. The lowest BCUT2D eigenvalue weighted by atomic mass is 9.81. The van der Waals surface area contributed by atoms with Crippen LogP contribution in [0.4, 0.5) is 5.82 Å². The summed E-state index contributed by atoms with van der Waals surface area (Å²) in [6.45, 7) is 0.621. The molecule has 0 unspecified atom stereocenters. The molecule has 2 aliphatic carbocycles. The predicted molar refractivity (Wildman–Crippen MR) is 88.7 cm³/mol. The van der Waals surface area contributed by atoms with Gasteiger partial charge in [-0.15, -0.1) is 0 Å². The van der Waals surface area contributed by atoms with Crippen molar-refractivity contribution in [3.63, 3.8) is 0 Å². The maximum Gasteiger partial charge on any atom is 0.311 e. The number of carboxylic acids is 1. The molecular formula is C18H22N2O4. The number of aromatic nitrogens is 1. The van der Waals surface area contributed by atoms with Crippen LogP contribution < -0.4 is 10.1 Å². The van der Waals surface area contributed by atoms with E-state index in [4.69, 9.17) is 9.84 Å². The molecule has 128 valence electrons. The first kappa shape index (κ1) is 16.5. The van der Waals surface area contributed by atoms with Gasteiger partial charge >= 0.3 is 5.97 Å². The fourth-order valence-corrected chi connectivity index (χ4v) is 3.18. The molecule has 2 aliphatic rings. The van der Waals surface area contributed by atoms with Crippen LogP contribution in [0, 0.1) is 17.8 Å². The molecule has 0 aliphatic heterocycles. The van der Waals surface area contributed by atoms with Gasteiger partial charge in [-0.2, -0.15) is 0 Å². The van der Waals surface area contributed by atoms with E-state index in [1.165, 1.54) is 38.2 Å². The molecular weight excluding hydrogens is 308 g/mol. The van der Waals surface area contributed by atoms with Crippen molar-refractivity contribution in [2.45, 2.75) is 32.1 Å². The lowest BCUT2D eigenvalue weighted by Crippen LogP contribution is -2.36. The second-order valence-electron chi connectivity index (χ2n) is 6.43. The minimum atomic E-state index is -0.993. The Kier molecular flexibility index (Phi) is 5.13. The number of carboxylic acid groups (broad SMARTS) is 1. The van der Waals surface area contributed by atoms with Crippen LogP contribution in [-0.4, -0.2) is 28.6 Å². The van der Waals surface area contributed by atoms with Crippen LogP contribution in [-0.2, 0) is 9.59 Å². The van der Waals surface area contributed by atoms with E-state index in [1.54, 1.807) is 24.4 Å². The van der Waals surface area contributed by atoms with Crippen LogP contribution in [0.25, 0.3) is 0 Å². The third-order valence-corrected chi connectivity index (χ3v) is 4.71. The highest BCUT2D eigenvalue weighted by molar-refractivity contribution is 5.98. The minimum Gasteiger partial charge on any atom is -0.489 e. The summed E-state index contributed by atoms with van der Waals surface area (Å²) in [7, 11) is 0. The third-order valence-electron chi connectivity index (χ3n) is 4.71. The standard InChI is InChI=1S/C18H22N2O4/c21-17(13-8-9-14(13)18(22)23)20-16-15(7-4-10-19-16)24-11-12-5-2-1-3-6-12/h4,7-10,12-14H,1-3,5-6,11H2,(H,22,23)(H,19,20,21)/t13-,14+/m0/s1. The Morgan fingerprint density at radius 2 is 1.96 bits per heavy atom. The second kappa shape index (κ2) is 7.47. The van der Waals surface area contributed by atoms with Crippen molar-refractivity contribution in [1.82, 2.24) is 4.98 Å². The molecule has 3 rings (SSSR count). The van der Waals surface area contributed by atoms with E-state index in [0.29, 0.717) is 24.1 Å². The number of ether oxygens (including phenoxy) is 1. The number of carbonyl (C=O) groups is 2. The molecule has 1 amide bonds. The lowest BCUT2D eigenvalue weighted by Gasteiger charge is -2.25. The van der Waals surface area contributed by atoms with Crippen molar-refractivity contribution in [3.8, 4) is 5.75 Å². The van der Waals surface area contributed by atoms with Gasteiger partial charge in [0.05, 0.1) is 18.4 Å². The quantitative estimate of drug-likeness (QED) is 0.783. The predicted octanol–water partition coefficient (Wildman–Crippen LogP) is 2.87. The maximum absolute atomic E-state index is 12.2. The number of amides is 1. The summed E-state index contributed by atoms with van der Waals surface area (Å²) in [5.41, 5.74) is 0. The average Bonchev–Trinajstić information content (AvgIpc) is 2.53. The highest BCUT2D eigenvalue weighted by Gasteiger charge is 2.36. The topological polar surface area (TPSA) is 88.5 Å². The Hall–Kier alpha value is -2.37. The summed E-state index contributed by atoms with van der Waals surface area (Å²) in [6.07, 6.45) is 10.8. The van der Waals surface area contributed by atoms with Crippen molar-refractivity contribution in [1.29, 1.82) is 0 Å². The number of carbonyl (C=O) groups excluding carboxylic acids is 1. The normalized spacial score (nSPS) is 23.3. The molecule has 2 atom stereocenters. The highest BCUT2D eigenvalue weighted by atomic mass is 16.5. The number of nitrogens with zero attached hydrogens (tertiary/aromatic N) is 1. The number of aliphatic carboxylic acids is 1. The van der Waals surface area contributed by atoms with Crippen LogP contribution in [0.5, 0.6) is 5.75 Å². The van der Waals surface area contributed by atoms with Crippen molar-refractivity contribution >= 4 is 17.7 Å². The first-order chi connectivity index (χ1) is 11.6. The molecule has 0 bridgehead atoms. The average molecular weight is 330 g/mol. The zero-order chi connectivity index (χ0) is 16.9. The summed E-state index contributed by atoms with van der Waals surface area (Å²) in [4.78, 5) is 27.4. The number of pyridine rings is 1. The van der Waals surface area contributed by atoms with Gasteiger partial charge in [-0.1, -0.05) is 31.4 Å². The fraction of sp³-hybridized carbons (Fsp3) is 0.500. The van der Waals surface area contributed by atoms with Crippen LogP contribution in [0.2, 0.25) is 0 Å². The van der Waals surface area contributed by atoms with Gasteiger partial charge in [0, 0.05) is 6.20 Å². The van der Waals surface area contributed by atoms with Crippen molar-refractivity contribution in [3.05, 3.63) is 30.5 Å². The smallest absolute Gasteiger partial charge is 0.311 e. The molecule has 1 saturated carbocycles. The van der Waals surface area contributed by atoms with Gasteiger partial charge in [0.25, 0.3) is 0 Å². The van der Waals surface area contributed by atoms with Crippen molar-refractivity contribution < 1.29 is 19.4 Å². The van der Waals surface area contributed by atoms with Gasteiger partial charge in [-0.25, -0.2) is 4.98 Å². The van der Waals surface area contributed by atoms with Crippen molar-refractivity contribution in [2.24, 2.45) is 17.8 Å². The van der Waals surface area contributed by atoms with E-state index in [-0.39, 0.29) is 5.91 Å². The molecule has 2 N–H and O–H groups in total. The monoisotopic (exact) mass is 330 g/mol. The summed E-state index contributed by atoms with van der Waals surface area (Å²) in [6, 6.07) is 3.53. The summed E-state index contributed by atoms with van der Waals surface area (Å²) in [5, 5.41) is 11.7. The van der Waals surface area contributed by atoms with Crippen LogP contribution in [0.3, 0.4) is 0 Å². The van der Waals surface area contributed by atoms with E-state index in [1.807, 2.05) is 0 Å². The molecule has 1 aromatic heterocycles. The van der Waals surface area contributed by atoms with E-state index >= 15 is 0 Å². The first-order valence-corrected chi connectivity index (χ1v) is 8.45. The first-order valence-electron chi connectivity index (χ1n) is 8.45. The Labute approximate surface area is 140 Å². The zero-order valence-corrected chi connectivity index (χ0v) is 13.5. The number of hydrogen-bond donors (Lipinski definition) is 2. The molecule has 0 spiro atoms. The Bertz CT molecular complexity index is 638. The van der Waals surface area contributed by atoms with E-state index in [2.05, 4.69) is 10.3 Å². The summed E-state index contributed by atoms with van der Waals surface area (Å²) in [5.74, 6) is -1.35. The summed E-state index contributed by atoms with van der Waals surface area (Å²) >= 11 is 0. The SMILES string of the molecule is O=C(Nc1ncccc1OCC1CCCCC1)[C@H]1C=C[C@H]1C(=O)O. The second-order valence-corrected chi connectivity index (χ2v) is 6.43. The van der Waals surface area contributed by atoms with Gasteiger partial charge in [0.2, 0.25) is 5.91 Å². The Morgan fingerprint density at radius 1 is 1.21 bits per heavy atom. The van der Waals surface area contributed by atoms with E-state index in [0.717, 1.165) is 0 Å². The number of anilines is 1. The largest absolute Gasteiger partial charge is 0.489 e. The molecule has 6 heteroatoms. The number of nitrogens with one attached hydrogen (secondary N) is 1. The molecule has 1 aromatic rings. The molecule has 6 nitrogen and oxygen atoms in total. The van der Waals surface area contributed by atoms with Gasteiger partial charge in [0.1, 0.15) is 0 Å². The van der Waals surface area contributed by atoms with Gasteiger partial charge < -0.3 is 15.2 Å². The minimum absolute atomic E-state index is 0.350. The van der Waals surface area contributed by atoms with Gasteiger partial charge in [-0.3, -0.25) is 9.59 Å². The van der Waals surface area contributed by atoms with Crippen LogP contribution in [0.15, 0.2) is 30.5 Å². The molecule has 0 aromatic carbocycles. The van der Waals surface area contributed by atoms with E-state index in [9.17, 15) is 9.59 Å². The molecule has 0 saturated heterocycles. The Balaban J connectivity index is 1.60. The lowest BCUT2D eigenvalue weighted by molar-refractivity contribution is -0.144. The molecule has 0 radical (unpaired) electrons. The summed E-state index contributed by atoms with van der Waals surface area (Å²) < 4.78 is 5.87. The van der Waals surface area contributed by atoms with Gasteiger partial charge in [0.15, 0.2) is 11.6 Å². The number of rotatable bonds is 6. The zero-order valence-electron chi connectivity index (χ0n) is 13.5. The maximum atomic E-state index is 12.2. The van der Waals surface area contributed by atoms with E-state index < -0.39 is 17.8 Å². The molecule has 1 fully saturated rings. The highest BCUT2D eigenvalue weighted by Crippen LogP contribution is 2.30. The van der Waals surface area contributed by atoms with Crippen molar-refractivity contribution in [2.75, 3.05) is 11.9 Å². The number of hydrogen-bond acceptors (Lipinski definition) is 4. The third kappa shape index (κ3) is 3.75. The van der Waals surface area contributed by atoms with Crippen LogP contribution >= 0.6 is 0 Å². The Morgan fingerprint density at radius 3 is 2.62 bits per heavy atom. The molecule has 1 heterocycles. The van der Waals surface area contributed by atoms with Crippen LogP contribution in [0.1, 0.15) is 32.1 Å².